The fourth-order valence-electron chi connectivity index (χ4n) is 5.87. The largest absolute Gasteiger partial charge is 0.269 e. The lowest BCUT2D eigenvalue weighted by atomic mass is 9.58. The molecule has 0 N–H and O–H groups in total. The van der Waals surface area contributed by atoms with Gasteiger partial charge in [0.25, 0.3) is 0 Å². The third kappa shape index (κ3) is 3.65. The number of nitriles is 2. The van der Waals surface area contributed by atoms with Crippen LogP contribution in [0.3, 0.4) is 0 Å². The molecule has 0 unspecified atom stereocenters. The van der Waals surface area contributed by atoms with Crippen molar-refractivity contribution in [1.82, 2.24) is 29.5 Å². The molecule has 182 valence electrons. The van der Waals surface area contributed by atoms with Gasteiger partial charge in [0.1, 0.15) is 17.1 Å². The zero-order chi connectivity index (χ0) is 25.5. The van der Waals surface area contributed by atoms with Crippen LogP contribution in [0.25, 0.3) is 33.7 Å². The van der Waals surface area contributed by atoms with Crippen molar-refractivity contribution in [3.63, 3.8) is 0 Å². The summed E-state index contributed by atoms with van der Waals surface area (Å²) in [6, 6.07) is 12.6. The molecule has 8 heteroatoms. The van der Waals surface area contributed by atoms with E-state index in [1.807, 2.05) is 42.1 Å². The van der Waals surface area contributed by atoms with E-state index >= 15 is 0 Å². The second-order valence-electron chi connectivity index (χ2n) is 9.95. The molecule has 0 radical (unpaired) electrons. The average Bonchev–Trinajstić information content (AvgIpc) is 3.52. The van der Waals surface area contributed by atoms with Crippen LogP contribution in [-0.4, -0.2) is 29.5 Å². The van der Waals surface area contributed by atoms with Crippen LogP contribution in [-0.2, 0) is 24.9 Å². The Bertz CT molecular complexity index is 1520. The smallest absolute Gasteiger partial charge is 0.114 e. The molecule has 0 amide bonds. The minimum Gasteiger partial charge on any atom is -0.269 e. The van der Waals surface area contributed by atoms with Crippen molar-refractivity contribution in [3.8, 4) is 34.9 Å². The van der Waals surface area contributed by atoms with Gasteiger partial charge in [-0.05, 0) is 63.8 Å². The number of hydrogen-bond donors (Lipinski definition) is 0. The second kappa shape index (κ2) is 8.87. The summed E-state index contributed by atoms with van der Waals surface area (Å²) in [5.41, 5.74) is 5.57. The normalized spacial score (nSPS) is 21.2. The lowest BCUT2D eigenvalue weighted by Gasteiger charge is -2.50. The first-order chi connectivity index (χ1) is 17.4. The molecule has 0 atom stereocenters. The van der Waals surface area contributed by atoms with Crippen LogP contribution in [0.4, 0.5) is 0 Å². The van der Waals surface area contributed by atoms with Crippen LogP contribution < -0.4 is 0 Å². The van der Waals surface area contributed by atoms with E-state index < -0.39 is 11.0 Å². The highest BCUT2D eigenvalue weighted by molar-refractivity contribution is 5.93. The zero-order valence-electron chi connectivity index (χ0n) is 21.3. The van der Waals surface area contributed by atoms with Gasteiger partial charge in [-0.1, -0.05) is 13.8 Å². The highest BCUT2D eigenvalue weighted by Gasteiger charge is 2.54. The van der Waals surface area contributed by atoms with Crippen molar-refractivity contribution in [2.24, 2.45) is 5.41 Å². The van der Waals surface area contributed by atoms with Gasteiger partial charge in [0, 0.05) is 35.6 Å². The first-order valence-electron chi connectivity index (χ1n) is 12.6. The van der Waals surface area contributed by atoms with Gasteiger partial charge >= 0.3 is 0 Å². The molecule has 0 spiro atoms. The number of fused-ring (bicyclic) bond motifs is 1. The minimum absolute atomic E-state index is 0.315. The van der Waals surface area contributed by atoms with E-state index in [4.69, 9.17) is 15.2 Å². The van der Waals surface area contributed by atoms with Crippen molar-refractivity contribution in [1.29, 1.82) is 10.5 Å². The molecular weight excluding hydrogens is 448 g/mol. The zero-order valence-corrected chi connectivity index (χ0v) is 21.3. The number of pyridine rings is 2. The van der Waals surface area contributed by atoms with Gasteiger partial charge in [0.2, 0.25) is 0 Å². The molecule has 1 fully saturated rings. The van der Waals surface area contributed by atoms with E-state index in [-0.39, 0.29) is 0 Å². The summed E-state index contributed by atoms with van der Waals surface area (Å²) in [5, 5.41) is 29.8. The lowest BCUT2D eigenvalue weighted by Crippen LogP contribution is -2.51. The van der Waals surface area contributed by atoms with Crippen molar-refractivity contribution in [3.05, 3.63) is 47.9 Å². The number of aromatic nitrogens is 6. The molecule has 4 aromatic heterocycles. The molecule has 5 rings (SSSR count). The molecule has 8 nitrogen and oxygen atoms in total. The van der Waals surface area contributed by atoms with Gasteiger partial charge in [0.05, 0.1) is 40.7 Å². The number of hydrogen-bond acceptors (Lipinski definition) is 6. The summed E-state index contributed by atoms with van der Waals surface area (Å²) in [7, 11) is 0. The molecule has 1 aliphatic rings. The van der Waals surface area contributed by atoms with E-state index in [9.17, 15) is 10.5 Å². The van der Waals surface area contributed by atoms with Crippen LogP contribution in [0, 0.1) is 28.1 Å². The quantitative estimate of drug-likeness (QED) is 0.350. The maximum absolute atomic E-state index is 9.55. The van der Waals surface area contributed by atoms with Gasteiger partial charge in [-0.3, -0.25) is 14.3 Å². The van der Waals surface area contributed by atoms with Gasteiger partial charge in [0.15, 0.2) is 0 Å². The molecule has 0 saturated heterocycles. The van der Waals surface area contributed by atoms with E-state index in [0.717, 1.165) is 53.1 Å². The van der Waals surface area contributed by atoms with Crippen molar-refractivity contribution < 1.29 is 0 Å². The average molecular weight is 479 g/mol. The predicted molar refractivity (Wildman–Crippen MR) is 138 cm³/mol. The van der Waals surface area contributed by atoms with Crippen LogP contribution in [0.2, 0.25) is 0 Å². The molecule has 1 saturated carbocycles. The topological polar surface area (TPSA) is 109 Å². The van der Waals surface area contributed by atoms with Crippen molar-refractivity contribution in [2.45, 2.75) is 71.9 Å². The SMILES string of the molecule is CCc1c(-c2cc3ncccc3c(-c3ccn(C4(CC#N)CC(C)(C#N)C4)n3)n2)nn(CC)c1CC. The van der Waals surface area contributed by atoms with Crippen molar-refractivity contribution in [2.75, 3.05) is 0 Å². The number of rotatable bonds is 7. The Morgan fingerprint density at radius 1 is 1.03 bits per heavy atom. The molecule has 4 heterocycles. The summed E-state index contributed by atoms with van der Waals surface area (Å²) in [4.78, 5) is 9.73. The highest BCUT2D eigenvalue weighted by Crippen LogP contribution is 2.54. The van der Waals surface area contributed by atoms with Gasteiger partial charge < -0.3 is 0 Å². The molecule has 0 bridgehead atoms. The molecule has 0 aliphatic heterocycles. The summed E-state index contributed by atoms with van der Waals surface area (Å²) < 4.78 is 3.95. The fraction of sp³-hybridized carbons (Fsp3) is 0.429. The Morgan fingerprint density at radius 2 is 1.83 bits per heavy atom. The fourth-order valence-corrected chi connectivity index (χ4v) is 5.87. The molecular formula is C28H30N8. The Balaban J connectivity index is 1.65. The van der Waals surface area contributed by atoms with E-state index in [1.54, 1.807) is 6.20 Å². The Hall–Kier alpha value is -4.04. The van der Waals surface area contributed by atoms with E-state index in [2.05, 4.69) is 42.6 Å². The minimum atomic E-state index is -0.464. The summed E-state index contributed by atoms with van der Waals surface area (Å²) in [6.07, 6.45) is 7.02. The highest BCUT2D eigenvalue weighted by atomic mass is 15.3. The Labute approximate surface area is 211 Å². The van der Waals surface area contributed by atoms with E-state index in [0.29, 0.717) is 19.3 Å². The van der Waals surface area contributed by atoms with Crippen molar-refractivity contribution >= 4 is 10.9 Å². The standard InChI is InChI=1S/C28H30N8/c1-5-19-24(6-2)35(7-3)34-26(19)23-15-22-20(9-8-13-31-22)25(32-23)21-10-14-36(33-21)28(11-12-29)16-27(4,17-28)18-30/h8-10,13-15H,5-7,11,16-17H2,1-4H3. The number of aryl methyl sites for hydroxylation is 1. The Morgan fingerprint density at radius 3 is 2.50 bits per heavy atom. The first kappa shape index (κ1) is 23.7. The monoisotopic (exact) mass is 478 g/mol. The molecule has 1 aliphatic carbocycles. The van der Waals surface area contributed by atoms with Gasteiger partial charge in [-0.2, -0.15) is 20.7 Å². The van der Waals surface area contributed by atoms with Crippen LogP contribution in [0.15, 0.2) is 36.7 Å². The molecule has 36 heavy (non-hydrogen) atoms. The third-order valence-corrected chi connectivity index (χ3v) is 7.43. The summed E-state index contributed by atoms with van der Waals surface area (Å²) in [5.74, 6) is 0. The Kier molecular flexibility index (Phi) is 5.84. The third-order valence-electron chi connectivity index (χ3n) is 7.43. The first-order valence-corrected chi connectivity index (χ1v) is 12.6. The van der Waals surface area contributed by atoms with Crippen LogP contribution in [0.5, 0.6) is 0 Å². The predicted octanol–water partition coefficient (Wildman–Crippen LogP) is 5.43. The number of nitrogens with zero attached hydrogens (tertiary/aromatic N) is 8. The van der Waals surface area contributed by atoms with Crippen LogP contribution >= 0.6 is 0 Å². The maximum Gasteiger partial charge on any atom is 0.114 e. The van der Waals surface area contributed by atoms with Gasteiger partial charge in [-0.15, -0.1) is 0 Å². The second-order valence-corrected chi connectivity index (χ2v) is 9.95. The van der Waals surface area contributed by atoms with E-state index in [1.165, 1.54) is 11.3 Å². The summed E-state index contributed by atoms with van der Waals surface area (Å²) in [6.45, 7) is 9.18. The summed E-state index contributed by atoms with van der Waals surface area (Å²) >= 11 is 0. The maximum atomic E-state index is 9.55. The molecule has 0 aromatic carbocycles. The van der Waals surface area contributed by atoms with Gasteiger partial charge in [-0.25, -0.2) is 4.98 Å². The molecule has 4 aromatic rings. The lowest BCUT2D eigenvalue weighted by molar-refractivity contribution is 0.0200. The van der Waals surface area contributed by atoms with Crippen LogP contribution in [0.1, 0.15) is 58.2 Å².